The minimum absolute atomic E-state index is 0.00166. The molecule has 0 bridgehead atoms. The Hall–Kier alpha value is -1.88. The Bertz CT molecular complexity index is 443. The van der Waals surface area contributed by atoms with Crippen molar-refractivity contribution in [3.8, 4) is 0 Å². The lowest BCUT2D eigenvalue weighted by Crippen LogP contribution is -2.26. The summed E-state index contributed by atoms with van der Waals surface area (Å²) in [4.78, 5) is 23.1. The Labute approximate surface area is 119 Å². The molecule has 1 atom stereocenters. The van der Waals surface area contributed by atoms with E-state index in [2.05, 4.69) is 10.6 Å². The van der Waals surface area contributed by atoms with Crippen LogP contribution in [-0.4, -0.2) is 24.4 Å². The molecule has 4 N–H and O–H groups in total. The highest BCUT2D eigenvalue weighted by Gasteiger charge is 2.08. The van der Waals surface area contributed by atoms with Gasteiger partial charge in [-0.2, -0.15) is 0 Å². The molecule has 0 saturated carbocycles. The van der Waals surface area contributed by atoms with E-state index in [1.807, 2.05) is 26.0 Å². The summed E-state index contributed by atoms with van der Waals surface area (Å²) < 4.78 is 0. The van der Waals surface area contributed by atoms with Gasteiger partial charge in [0.15, 0.2) is 0 Å². The maximum atomic E-state index is 11.7. The van der Waals surface area contributed by atoms with Crippen molar-refractivity contribution in [2.45, 2.75) is 39.2 Å². The van der Waals surface area contributed by atoms with Gasteiger partial charge in [0.05, 0.1) is 6.42 Å². The lowest BCUT2D eigenvalue weighted by molar-refractivity contribution is -0.120. The zero-order valence-electron chi connectivity index (χ0n) is 12.1. The molecule has 0 spiro atoms. The number of carbonyl (C=O) groups is 2. The predicted molar refractivity (Wildman–Crippen MR) is 80.3 cm³/mol. The van der Waals surface area contributed by atoms with E-state index < -0.39 is 0 Å². The zero-order valence-corrected chi connectivity index (χ0v) is 12.1. The summed E-state index contributed by atoms with van der Waals surface area (Å²) in [5.74, 6) is -0.0889. The van der Waals surface area contributed by atoms with Crippen molar-refractivity contribution < 1.29 is 9.59 Å². The summed E-state index contributed by atoms with van der Waals surface area (Å²) in [6.45, 7) is 4.47. The van der Waals surface area contributed by atoms with Crippen LogP contribution < -0.4 is 16.4 Å². The molecule has 0 aliphatic carbocycles. The summed E-state index contributed by atoms with van der Waals surface area (Å²) in [7, 11) is 0. The number of likely N-dealkylation sites (N-methyl/N-ethyl adjacent to an activating group) is 1. The topological polar surface area (TPSA) is 84.2 Å². The third kappa shape index (κ3) is 5.84. The molecule has 0 aliphatic heterocycles. The smallest absolute Gasteiger partial charge is 0.225 e. The number of nitrogens with two attached hydrogens (primary N) is 1. The SMILES string of the molecule is CCNC(=O)Cc1ccc(NC(=O)CC(N)CC)cc1. The fraction of sp³-hybridized carbons (Fsp3) is 0.467. The van der Waals surface area contributed by atoms with E-state index in [0.29, 0.717) is 19.4 Å². The molecule has 0 aliphatic rings. The third-order valence-corrected chi connectivity index (χ3v) is 2.95. The van der Waals surface area contributed by atoms with Crippen molar-refractivity contribution in [2.75, 3.05) is 11.9 Å². The average molecular weight is 277 g/mol. The number of nitrogens with one attached hydrogen (secondary N) is 2. The van der Waals surface area contributed by atoms with Crippen molar-refractivity contribution in [2.24, 2.45) is 5.73 Å². The Morgan fingerprint density at radius 2 is 1.80 bits per heavy atom. The van der Waals surface area contributed by atoms with Crippen LogP contribution in [-0.2, 0) is 16.0 Å². The van der Waals surface area contributed by atoms with E-state index in [1.54, 1.807) is 12.1 Å². The maximum Gasteiger partial charge on any atom is 0.225 e. The lowest BCUT2D eigenvalue weighted by atomic mass is 10.1. The van der Waals surface area contributed by atoms with Gasteiger partial charge in [-0.1, -0.05) is 19.1 Å². The van der Waals surface area contributed by atoms with Crippen LogP contribution in [0.5, 0.6) is 0 Å². The zero-order chi connectivity index (χ0) is 15.0. The van der Waals surface area contributed by atoms with Crippen molar-refractivity contribution in [3.05, 3.63) is 29.8 Å². The van der Waals surface area contributed by atoms with Gasteiger partial charge >= 0.3 is 0 Å². The summed E-state index contributed by atoms with van der Waals surface area (Å²) in [5, 5.41) is 5.54. The monoisotopic (exact) mass is 277 g/mol. The van der Waals surface area contributed by atoms with Gasteiger partial charge in [-0.3, -0.25) is 9.59 Å². The van der Waals surface area contributed by atoms with E-state index in [0.717, 1.165) is 17.7 Å². The molecule has 2 amide bonds. The Morgan fingerprint density at radius 3 is 2.35 bits per heavy atom. The number of rotatable bonds is 7. The number of hydrogen-bond acceptors (Lipinski definition) is 3. The number of hydrogen-bond donors (Lipinski definition) is 3. The fourth-order valence-electron chi connectivity index (χ4n) is 1.75. The van der Waals surface area contributed by atoms with Crippen molar-refractivity contribution in [3.63, 3.8) is 0 Å². The van der Waals surface area contributed by atoms with Crippen LogP contribution >= 0.6 is 0 Å². The number of amides is 2. The first-order valence-corrected chi connectivity index (χ1v) is 6.96. The molecule has 5 nitrogen and oxygen atoms in total. The van der Waals surface area contributed by atoms with E-state index >= 15 is 0 Å². The first kappa shape index (κ1) is 16.2. The van der Waals surface area contributed by atoms with Crippen LogP contribution in [0, 0.1) is 0 Å². The molecule has 0 aromatic heterocycles. The van der Waals surface area contributed by atoms with Gasteiger partial charge in [0.25, 0.3) is 0 Å². The molecule has 0 heterocycles. The van der Waals surface area contributed by atoms with Crippen LogP contribution in [0.4, 0.5) is 5.69 Å². The number of anilines is 1. The largest absolute Gasteiger partial charge is 0.356 e. The molecule has 0 fully saturated rings. The first-order chi connectivity index (χ1) is 9.55. The predicted octanol–water partition coefficient (Wildman–Crippen LogP) is 1.43. The van der Waals surface area contributed by atoms with Crippen LogP contribution in [0.15, 0.2) is 24.3 Å². The van der Waals surface area contributed by atoms with Crippen LogP contribution in [0.1, 0.15) is 32.3 Å². The third-order valence-electron chi connectivity index (χ3n) is 2.95. The van der Waals surface area contributed by atoms with Crippen LogP contribution in [0.25, 0.3) is 0 Å². The molecule has 0 saturated heterocycles. The van der Waals surface area contributed by atoms with Gasteiger partial charge in [0, 0.05) is 24.7 Å². The molecular formula is C15H23N3O2. The van der Waals surface area contributed by atoms with E-state index in [4.69, 9.17) is 5.73 Å². The molecule has 1 unspecified atom stereocenters. The normalized spacial score (nSPS) is 11.8. The highest BCUT2D eigenvalue weighted by molar-refractivity contribution is 5.91. The second-order valence-electron chi connectivity index (χ2n) is 4.75. The van der Waals surface area contributed by atoms with Gasteiger partial charge < -0.3 is 16.4 Å². The van der Waals surface area contributed by atoms with E-state index in [1.165, 1.54) is 0 Å². The summed E-state index contributed by atoms with van der Waals surface area (Å²) in [6, 6.07) is 7.16. The summed E-state index contributed by atoms with van der Waals surface area (Å²) in [5.41, 5.74) is 7.37. The Balaban J connectivity index is 2.50. The minimum Gasteiger partial charge on any atom is -0.356 e. The second-order valence-corrected chi connectivity index (χ2v) is 4.75. The standard InChI is InChI=1S/C15H23N3O2/c1-3-12(16)10-15(20)18-13-7-5-11(6-8-13)9-14(19)17-4-2/h5-8,12H,3-4,9-10,16H2,1-2H3,(H,17,19)(H,18,20). The molecule has 110 valence electrons. The molecule has 1 aromatic rings. The second kappa shape index (κ2) is 8.32. The molecular weight excluding hydrogens is 254 g/mol. The van der Waals surface area contributed by atoms with Crippen molar-refractivity contribution in [1.82, 2.24) is 5.32 Å². The lowest BCUT2D eigenvalue weighted by Gasteiger charge is -2.10. The summed E-state index contributed by atoms with van der Waals surface area (Å²) in [6.07, 6.45) is 1.44. The fourth-order valence-corrected chi connectivity index (χ4v) is 1.75. The Morgan fingerprint density at radius 1 is 1.15 bits per heavy atom. The van der Waals surface area contributed by atoms with Gasteiger partial charge in [-0.25, -0.2) is 0 Å². The highest BCUT2D eigenvalue weighted by Crippen LogP contribution is 2.11. The number of benzene rings is 1. The molecule has 20 heavy (non-hydrogen) atoms. The number of carbonyl (C=O) groups excluding carboxylic acids is 2. The highest BCUT2D eigenvalue weighted by atomic mass is 16.2. The molecule has 0 radical (unpaired) electrons. The summed E-state index contributed by atoms with van der Waals surface area (Å²) >= 11 is 0. The molecule has 5 heteroatoms. The van der Waals surface area contributed by atoms with Crippen LogP contribution in [0.2, 0.25) is 0 Å². The van der Waals surface area contributed by atoms with Gasteiger partial charge in [0.1, 0.15) is 0 Å². The van der Waals surface area contributed by atoms with Gasteiger partial charge in [-0.05, 0) is 31.0 Å². The van der Waals surface area contributed by atoms with Gasteiger partial charge in [-0.15, -0.1) is 0 Å². The first-order valence-electron chi connectivity index (χ1n) is 6.96. The average Bonchev–Trinajstić information content (AvgIpc) is 2.41. The Kier molecular flexibility index (Phi) is 6.73. The van der Waals surface area contributed by atoms with Crippen molar-refractivity contribution >= 4 is 17.5 Å². The van der Waals surface area contributed by atoms with Crippen molar-refractivity contribution in [1.29, 1.82) is 0 Å². The quantitative estimate of drug-likeness (QED) is 0.705. The molecule has 1 aromatic carbocycles. The minimum atomic E-state index is -0.105. The van der Waals surface area contributed by atoms with E-state index in [-0.39, 0.29) is 17.9 Å². The van der Waals surface area contributed by atoms with Crippen LogP contribution in [0.3, 0.4) is 0 Å². The van der Waals surface area contributed by atoms with Gasteiger partial charge in [0.2, 0.25) is 11.8 Å². The maximum absolute atomic E-state index is 11.7. The van der Waals surface area contributed by atoms with E-state index in [9.17, 15) is 9.59 Å². The molecule has 1 rings (SSSR count).